The molecule has 0 saturated carbocycles. The van der Waals surface area contributed by atoms with Crippen molar-refractivity contribution < 1.29 is 23.1 Å². The number of hydrogen-bond acceptors (Lipinski definition) is 2. The van der Waals surface area contributed by atoms with Crippen molar-refractivity contribution in [3.63, 3.8) is 0 Å². The van der Waals surface area contributed by atoms with Crippen molar-refractivity contribution in [1.82, 2.24) is 9.88 Å². The Kier molecular flexibility index (Phi) is 5.63. The lowest BCUT2D eigenvalue weighted by atomic mass is 9.90. The number of aromatic nitrogens is 1. The number of aliphatic carboxylic acids is 1. The van der Waals surface area contributed by atoms with Crippen LogP contribution >= 0.6 is 0 Å². The van der Waals surface area contributed by atoms with Gasteiger partial charge >= 0.3 is 5.97 Å². The molecule has 32 heavy (non-hydrogen) atoms. The highest BCUT2D eigenvalue weighted by Gasteiger charge is 2.37. The summed E-state index contributed by atoms with van der Waals surface area (Å²) in [5, 5.41) is 9.80. The fourth-order valence-electron chi connectivity index (χ4n) is 4.56. The van der Waals surface area contributed by atoms with Gasteiger partial charge in [0, 0.05) is 41.3 Å². The zero-order chi connectivity index (χ0) is 23.2. The van der Waals surface area contributed by atoms with Gasteiger partial charge in [-0.25, -0.2) is 18.0 Å². The number of hydrogen-bond donors (Lipinski definition) is 2. The minimum absolute atomic E-state index is 0.00501. The van der Waals surface area contributed by atoms with Crippen LogP contribution in [0.5, 0.6) is 0 Å². The van der Waals surface area contributed by atoms with Gasteiger partial charge in [0.2, 0.25) is 0 Å². The van der Waals surface area contributed by atoms with Crippen molar-refractivity contribution in [2.24, 2.45) is 0 Å². The molecule has 2 heterocycles. The molecule has 0 saturated heterocycles. The Hall–Kier alpha value is -3.06. The molecular weight excluding hydrogens is 417 g/mol. The van der Waals surface area contributed by atoms with E-state index in [2.05, 4.69) is 4.98 Å². The van der Waals surface area contributed by atoms with Crippen LogP contribution in [0.3, 0.4) is 0 Å². The summed E-state index contributed by atoms with van der Waals surface area (Å²) in [5.74, 6) is -2.81. The molecule has 4 rings (SSSR count). The van der Waals surface area contributed by atoms with Gasteiger partial charge in [0.1, 0.15) is 17.3 Å². The Labute approximate surface area is 184 Å². The van der Waals surface area contributed by atoms with Gasteiger partial charge in [-0.05, 0) is 68.7 Å². The summed E-state index contributed by atoms with van der Waals surface area (Å²) >= 11 is 0. The minimum Gasteiger partial charge on any atom is -0.478 e. The third kappa shape index (κ3) is 4.30. The molecule has 0 spiro atoms. The van der Waals surface area contributed by atoms with Crippen LogP contribution in [0.1, 0.15) is 47.8 Å². The average Bonchev–Trinajstić information content (AvgIpc) is 3.04. The maximum absolute atomic E-state index is 15.3. The molecule has 2 aromatic carbocycles. The summed E-state index contributed by atoms with van der Waals surface area (Å²) in [6.07, 6.45) is 2.59. The quantitative estimate of drug-likeness (QED) is 0.510. The van der Waals surface area contributed by atoms with Crippen molar-refractivity contribution >= 4 is 22.9 Å². The van der Waals surface area contributed by atoms with Gasteiger partial charge in [0.05, 0.1) is 6.04 Å². The summed E-state index contributed by atoms with van der Waals surface area (Å²) in [6, 6.07) is 7.33. The number of nitrogens with zero attached hydrogens (tertiary/aromatic N) is 1. The molecule has 4 nitrogen and oxygen atoms in total. The van der Waals surface area contributed by atoms with Crippen molar-refractivity contribution in [2.45, 2.75) is 38.9 Å². The number of carboxylic acid groups (broad SMARTS) is 1. The van der Waals surface area contributed by atoms with Crippen LogP contribution in [-0.4, -0.2) is 39.7 Å². The van der Waals surface area contributed by atoms with Gasteiger partial charge in [0.25, 0.3) is 0 Å². The molecule has 1 unspecified atom stereocenters. The summed E-state index contributed by atoms with van der Waals surface area (Å²) in [4.78, 5) is 15.8. The molecule has 168 valence electrons. The standard InChI is InChI=1S/C25H25F3N2O2/c1-14-4-6-20-17(10-14)16-8-9-30(13-25(2,3)28)24(23(16)29-20)22-18(26)11-15(12-19(22)27)5-7-21(31)32/h4-7,10-12,24,29H,8-9,13H2,1-3H3,(H,31,32)/b7-5+. The van der Waals surface area contributed by atoms with E-state index in [9.17, 15) is 9.18 Å². The van der Waals surface area contributed by atoms with Crippen LogP contribution in [0, 0.1) is 18.6 Å². The minimum atomic E-state index is -1.56. The van der Waals surface area contributed by atoms with Crippen LogP contribution in [0.4, 0.5) is 13.2 Å². The maximum atomic E-state index is 15.3. The number of carbonyl (C=O) groups is 1. The highest BCUT2D eigenvalue weighted by Crippen LogP contribution is 2.41. The van der Waals surface area contributed by atoms with E-state index in [1.54, 1.807) is 4.90 Å². The van der Waals surface area contributed by atoms with Gasteiger partial charge in [-0.1, -0.05) is 11.6 Å². The van der Waals surface area contributed by atoms with Crippen molar-refractivity contribution in [2.75, 3.05) is 13.1 Å². The molecule has 0 amide bonds. The number of H-pyrrole nitrogens is 1. The average molecular weight is 442 g/mol. The normalized spacial score (nSPS) is 17.2. The van der Waals surface area contributed by atoms with Crippen LogP contribution in [0.2, 0.25) is 0 Å². The van der Waals surface area contributed by atoms with E-state index < -0.39 is 29.3 Å². The molecule has 0 radical (unpaired) electrons. The molecule has 0 fully saturated rings. The lowest BCUT2D eigenvalue weighted by Gasteiger charge is -2.38. The zero-order valence-corrected chi connectivity index (χ0v) is 18.2. The fourth-order valence-corrected chi connectivity index (χ4v) is 4.56. The van der Waals surface area contributed by atoms with Gasteiger partial charge < -0.3 is 10.1 Å². The fraction of sp³-hybridized carbons (Fsp3) is 0.320. The molecule has 0 aliphatic carbocycles. The number of aryl methyl sites for hydroxylation is 1. The molecule has 7 heteroatoms. The van der Waals surface area contributed by atoms with E-state index in [0.717, 1.165) is 46.3 Å². The summed E-state index contributed by atoms with van der Waals surface area (Å²) in [5.41, 5.74) is 1.96. The lowest BCUT2D eigenvalue weighted by molar-refractivity contribution is -0.131. The van der Waals surface area contributed by atoms with E-state index in [-0.39, 0.29) is 17.7 Å². The van der Waals surface area contributed by atoms with Gasteiger partial charge in [-0.15, -0.1) is 0 Å². The Morgan fingerprint density at radius 2 is 1.94 bits per heavy atom. The van der Waals surface area contributed by atoms with E-state index in [1.807, 2.05) is 25.1 Å². The van der Waals surface area contributed by atoms with E-state index >= 15 is 8.78 Å². The topological polar surface area (TPSA) is 56.3 Å². The first-order valence-electron chi connectivity index (χ1n) is 10.5. The van der Waals surface area contributed by atoms with Crippen molar-refractivity contribution in [1.29, 1.82) is 0 Å². The monoisotopic (exact) mass is 442 g/mol. The van der Waals surface area contributed by atoms with Gasteiger partial charge in [-0.3, -0.25) is 4.90 Å². The first kappa shape index (κ1) is 22.1. The highest BCUT2D eigenvalue weighted by atomic mass is 19.1. The molecule has 0 bridgehead atoms. The Bertz CT molecular complexity index is 1200. The van der Waals surface area contributed by atoms with E-state index in [4.69, 9.17) is 5.11 Å². The van der Waals surface area contributed by atoms with E-state index in [0.29, 0.717) is 18.7 Å². The number of fused-ring (bicyclic) bond motifs is 3. The molecule has 1 aliphatic heterocycles. The largest absolute Gasteiger partial charge is 0.478 e. The van der Waals surface area contributed by atoms with Crippen LogP contribution < -0.4 is 0 Å². The molecule has 1 aromatic heterocycles. The summed E-state index contributed by atoms with van der Waals surface area (Å²) in [7, 11) is 0. The number of carboxylic acids is 1. The Morgan fingerprint density at radius 1 is 1.25 bits per heavy atom. The third-order valence-electron chi connectivity index (χ3n) is 5.75. The smallest absolute Gasteiger partial charge is 0.328 e. The van der Waals surface area contributed by atoms with Crippen LogP contribution in [0.15, 0.2) is 36.4 Å². The predicted molar refractivity (Wildman–Crippen MR) is 118 cm³/mol. The first-order valence-corrected chi connectivity index (χ1v) is 10.5. The molecule has 1 atom stereocenters. The highest BCUT2D eigenvalue weighted by molar-refractivity contribution is 5.86. The molecular formula is C25H25F3N2O2. The third-order valence-corrected chi connectivity index (χ3v) is 5.75. The SMILES string of the molecule is Cc1ccc2[nH]c3c(c2c1)CCN(CC(C)(C)F)C3c1c(F)cc(/C=C/C(=O)O)cc1F. The Morgan fingerprint density at radius 3 is 2.56 bits per heavy atom. The van der Waals surface area contributed by atoms with Crippen LogP contribution in [-0.2, 0) is 11.2 Å². The first-order chi connectivity index (χ1) is 15.0. The number of alkyl halides is 1. The Balaban J connectivity index is 1.89. The second-order valence-corrected chi connectivity index (χ2v) is 8.98. The second kappa shape index (κ2) is 8.13. The molecule has 1 aliphatic rings. The van der Waals surface area contributed by atoms with Crippen molar-refractivity contribution in [3.8, 4) is 0 Å². The van der Waals surface area contributed by atoms with Crippen molar-refractivity contribution in [3.05, 3.63) is 76.0 Å². The number of benzene rings is 2. The molecule has 2 N–H and O–H groups in total. The molecule has 3 aromatic rings. The summed E-state index contributed by atoms with van der Waals surface area (Å²) in [6.45, 7) is 5.33. The number of nitrogens with one attached hydrogen (secondary N) is 1. The van der Waals surface area contributed by atoms with E-state index in [1.165, 1.54) is 13.8 Å². The number of rotatable bonds is 5. The van der Waals surface area contributed by atoms with Gasteiger partial charge in [-0.2, -0.15) is 0 Å². The number of aromatic amines is 1. The maximum Gasteiger partial charge on any atom is 0.328 e. The van der Waals surface area contributed by atoms with Gasteiger partial charge in [0.15, 0.2) is 0 Å². The zero-order valence-electron chi connectivity index (χ0n) is 18.2. The lowest BCUT2D eigenvalue weighted by Crippen LogP contribution is -2.43. The predicted octanol–water partition coefficient (Wildman–Crippen LogP) is 5.55. The van der Waals surface area contributed by atoms with Crippen LogP contribution in [0.25, 0.3) is 17.0 Å². The number of halogens is 3. The second-order valence-electron chi connectivity index (χ2n) is 8.98. The summed E-state index contributed by atoms with van der Waals surface area (Å²) < 4.78 is 45.2.